The molecule has 0 radical (unpaired) electrons. The van der Waals surface area contributed by atoms with Gasteiger partial charge in [0.25, 0.3) is 0 Å². The van der Waals surface area contributed by atoms with Crippen molar-refractivity contribution in [2.75, 3.05) is 32.5 Å². The summed E-state index contributed by atoms with van der Waals surface area (Å²) >= 11 is 0. The maximum absolute atomic E-state index is 12.2. The molecule has 0 spiro atoms. The van der Waals surface area contributed by atoms with Gasteiger partial charge in [-0.25, -0.2) is 0 Å². The average Bonchev–Trinajstić information content (AvgIpc) is 2.43. The van der Waals surface area contributed by atoms with Gasteiger partial charge in [-0.3, -0.25) is 9.69 Å². The van der Waals surface area contributed by atoms with Crippen molar-refractivity contribution in [3.63, 3.8) is 0 Å². The minimum Gasteiger partial charge on any atom is -0.495 e. The van der Waals surface area contributed by atoms with Gasteiger partial charge in [-0.2, -0.15) is 0 Å². The molecular weight excluding hydrogens is 268 g/mol. The minimum atomic E-state index is 0.108. The summed E-state index contributed by atoms with van der Waals surface area (Å²) in [5, 5.41) is 0. The molecule has 0 aliphatic carbocycles. The summed E-state index contributed by atoms with van der Waals surface area (Å²) < 4.78 is 10.8. The zero-order valence-corrected chi connectivity index (χ0v) is 13.0. The van der Waals surface area contributed by atoms with E-state index in [2.05, 4.69) is 18.7 Å². The van der Waals surface area contributed by atoms with E-state index in [1.807, 2.05) is 0 Å². The number of rotatable bonds is 5. The number of nitrogens with two attached hydrogens (primary N) is 1. The number of Topliss-reactive ketones (excluding diaryl/α,β-unsaturated/α-hetero) is 1. The van der Waals surface area contributed by atoms with E-state index in [9.17, 15) is 4.79 Å². The lowest BCUT2D eigenvalue weighted by molar-refractivity contribution is -0.0675. The SMILES string of the molecule is COc1ccc(C(=O)CCN2CC(C)OC(C)C2)cc1N. The van der Waals surface area contributed by atoms with Crippen LogP contribution in [0, 0.1) is 0 Å². The Kier molecular flexibility index (Phi) is 5.20. The molecule has 1 saturated heterocycles. The van der Waals surface area contributed by atoms with Gasteiger partial charge in [0.2, 0.25) is 0 Å². The minimum absolute atomic E-state index is 0.108. The van der Waals surface area contributed by atoms with E-state index in [0.717, 1.165) is 19.6 Å². The molecule has 21 heavy (non-hydrogen) atoms. The lowest BCUT2D eigenvalue weighted by Gasteiger charge is -2.35. The highest BCUT2D eigenvalue weighted by molar-refractivity contribution is 5.97. The largest absolute Gasteiger partial charge is 0.495 e. The third-order valence-electron chi connectivity index (χ3n) is 3.70. The zero-order chi connectivity index (χ0) is 15.4. The first kappa shape index (κ1) is 15.8. The number of nitrogen functional groups attached to an aromatic ring is 1. The number of methoxy groups -OCH3 is 1. The fraction of sp³-hybridized carbons (Fsp3) is 0.562. The monoisotopic (exact) mass is 292 g/mol. The lowest BCUT2D eigenvalue weighted by Crippen LogP contribution is -2.46. The van der Waals surface area contributed by atoms with E-state index in [4.69, 9.17) is 15.2 Å². The second kappa shape index (κ2) is 6.91. The summed E-state index contributed by atoms with van der Waals surface area (Å²) in [4.78, 5) is 14.5. The maximum Gasteiger partial charge on any atom is 0.164 e. The third kappa shape index (κ3) is 4.19. The second-order valence-electron chi connectivity index (χ2n) is 5.65. The molecule has 2 rings (SSSR count). The van der Waals surface area contributed by atoms with Crippen LogP contribution in [0.15, 0.2) is 18.2 Å². The Morgan fingerprint density at radius 3 is 2.62 bits per heavy atom. The van der Waals surface area contributed by atoms with Gasteiger partial charge in [0.05, 0.1) is 25.0 Å². The van der Waals surface area contributed by atoms with Crippen LogP contribution in [0.4, 0.5) is 5.69 Å². The van der Waals surface area contributed by atoms with Crippen LogP contribution in [0.5, 0.6) is 5.75 Å². The van der Waals surface area contributed by atoms with E-state index in [-0.39, 0.29) is 18.0 Å². The molecule has 5 nitrogen and oxygen atoms in total. The smallest absolute Gasteiger partial charge is 0.164 e. The molecule has 1 aliphatic heterocycles. The standard InChI is InChI=1S/C16H24N2O3/c1-11-9-18(10-12(2)21-11)7-6-15(19)13-4-5-16(20-3)14(17)8-13/h4-5,8,11-12H,6-7,9-10,17H2,1-3H3. The van der Waals surface area contributed by atoms with Crippen LogP contribution in [-0.2, 0) is 4.74 Å². The summed E-state index contributed by atoms with van der Waals surface area (Å²) in [6.45, 7) is 6.64. The van der Waals surface area contributed by atoms with Crippen LogP contribution in [-0.4, -0.2) is 49.6 Å². The fourth-order valence-corrected chi connectivity index (χ4v) is 2.78. The number of nitrogens with zero attached hydrogens (tertiary/aromatic N) is 1. The highest BCUT2D eigenvalue weighted by atomic mass is 16.5. The van der Waals surface area contributed by atoms with Crippen molar-refractivity contribution in [1.29, 1.82) is 0 Å². The van der Waals surface area contributed by atoms with Gasteiger partial charge in [-0.15, -0.1) is 0 Å². The molecule has 1 aliphatic rings. The molecule has 0 bridgehead atoms. The van der Waals surface area contributed by atoms with Gasteiger partial charge in [0, 0.05) is 31.6 Å². The van der Waals surface area contributed by atoms with Crippen molar-refractivity contribution in [2.24, 2.45) is 0 Å². The maximum atomic E-state index is 12.2. The Bertz CT molecular complexity index is 494. The number of morpholine rings is 1. The zero-order valence-electron chi connectivity index (χ0n) is 13.0. The molecule has 1 aromatic rings. The molecule has 0 saturated carbocycles. The van der Waals surface area contributed by atoms with Crippen LogP contribution < -0.4 is 10.5 Å². The number of anilines is 1. The molecule has 116 valence electrons. The van der Waals surface area contributed by atoms with Crippen LogP contribution in [0.25, 0.3) is 0 Å². The van der Waals surface area contributed by atoms with Crippen LogP contribution >= 0.6 is 0 Å². The number of carbonyl (C=O) groups excluding carboxylic acids is 1. The Balaban J connectivity index is 1.91. The van der Waals surface area contributed by atoms with Gasteiger partial charge >= 0.3 is 0 Å². The first-order chi connectivity index (χ1) is 9.99. The van der Waals surface area contributed by atoms with E-state index in [1.54, 1.807) is 25.3 Å². The van der Waals surface area contributed by atoms with E-state index in [1.165, 1.54) is 0 Å². The normalized spacial score (nSPS) is 23.0. The molecule has 2 N–H and O–H groups in total. The van der Waals surface area contributed by atoms with E-state index < -0.39 is 0 Å². The number of carbonyl (C=O) groups is 1. The lowest BCUT2D eigenvalue weighted by atomic mass is 10.1. The van der Waals surface area contributed by atoms with Gasteiger partial charge < -0.3 is 15.2 Å². The number of benzene rings is 1. The Morgan fingerprint density at radius 1 is 1.38 bits per heavy atom. The van der Waals surface area contributed by atoms with Crippen molar-refractivity contribution in [2.45, 2.75) is 32.5 Å². The van der Waals surface area contributed by atoms with Crippen LogP contribution in [0.2, 0.25) is 0 Å². The molecule has 2 atom stereocenters. The fourth-order valence-electron chi connectivity index (χ4n) is 2.78. The van der Waals surface area contributed by atoms with Crippen molar-refractivity contribution in [1.82, 2.24) is 4.90 Å². The molecule has 5 heteroatoms. The summed E-state index contributed by atoms with van der Waals surface area (Å²) in [5.74, 6) is 0.707. The van der Waals surface area contributed by atoms with Crippen molar-refractivity contribution in [3.05, 3.63) is 23.8 Å². The molecule has 1 fully saturated rings. The van der Waals surface area contributed by atoms with E-state index in [0.29, 0.717) is 23.4 Å². The summed E-state index contributed by atoms with van der Waals surface area (Å²) in [7, 11) is 1.56. The van der Waals surface area contributed by atoms with Crippen molar-refractivity contribution in [3.8, 4) is 5.75 Å². The topological polar surface area (TPSA) is 64.8 Å². The molecule has 0 aromatic heterocycles. The predicted molar refractivity (Wildman–Crippen MR) is 82.8 cm³/mol. The van der Waals surface area contributed by atoms with Gasteiger partial charge in [0.1, 0.15) is 5.75 Å². The van der Waals surface area contributed by atoms with Crippen LogP contribution in [0.1, 0.15) is 30.6 Å². The Labute approximate surface area is 126 Å². The summed E-state index contributed by atoms with van der Waals surface area (Å²) in [6.07, 6.45) is 0.937. The van der Waals surface area contributed by atoms with Crippen LogP contribution in [0.3, 0.4) is 0 Å². The second-order valence-corrected chi connectivity index (χ2v) is 5.65. The first-order valence-corrected chi connectivity index (χ1v) is 7.34. The number of ketones is 1. The van der Waals surface area contributed by atoms with Gasteiger partial charge in [0.15, 0.2) is 5.78 Å². The highest BCUT2D eigenvalue weighted by Gasteiger charge is 2.22. The number of hydrogen-bond donors (Lipinski definition) is 1. The molecule has 1 heterocycles. The molecule has 1 aromatic carbocycles. The molecule has 2 unspecified atom stereocenters. The summed E-state index contributed by atoms with van der Waals surface area (Å²) in [6, 6.07) is 5.19. The predicted octanol–water partition coefficient (Wildman–Crippen LogP) is 1.96. The number of hydrogen-bond acceptors (Lipinski definition) is 5. The Hall–Kier alpha value is -1.59. The quantitative estimate of drug-likeness (QED) is 0.664. The third-order valence-corrected chi connectivity index (χ3v) is 3.70. The van der Waals surface area contributed by atoms with Gasteiger partial charge in [-0.1, -0.05) is 0 Å². The summed E-state index contributed by atoms with van der Waals surface area (Å²) in [5.41, 5.74) is 6.98. The van der Waals surface area contributed by atoms with E-state index >= 15 is 0 Å². The highest BCUT2D eigenvalue weighted by Crippen LogP contribution is 2.22. The average molecular weight is 292 g/mol. The Morgan fingerprint density at radius 2 is 2.05 bits per heavy atom. The van der Waals surface area contributed by atoms with Crippen molar-refractivity contribution < 1.29 is 14.3 Å². The van der Waals surface area contributed by atoms with Crippen molar-refractivity contribution >= 4 is 11.5 Å². The number of ether oxygens (including phenoxy) is 2. The van der Waals surface area contributed by atoms with Gasteiger partial charge in [-0.05, 0) is 32.0 Å². The molecular formula is C16H24N2O3. The first-order valence-electron chi connectivity index (χ1n) is 7.34. The molecule has 0 amide bonds.